The summed E-state index contributed by atoms with van der Waals surface area (Å²) in [5.41, 5.74) is 10.7. The van der Waals surface area contributed by atoms with E-state index >= 15 is 0 Å². The second-order valence-electron chi connectivity index (χ2n) is 6.68. The molecule has 3 rings (SSSR count). The molecule has 0 aliphatic rings. The van der Waals surface area contributed by atoms with Gasteiger partial charge in [0.2, 0.25) is 5.91 Å². The zero-order valence-corrected chi connectivity index (χ0v) is 17.3. The van der Waals surface area contributed by atoms with E-state index in [1.165, 1.54) is 0 Å². The highest BCUT2D eigenvalue weighted by Gasteiger charge is 2.11. The highest BCUT2D eigenvalue weighted by atomic mass is 79.9. The third-order valence-corrected chi connectivity index (χ3v) is 4.50. The molecule has 0 aliphatic carbocycles. The molecule has 0 saturated carbocycles. The van der Waals surface area contributed by atoms with Crippen molar-refractivity contribution in [1.29, 1.82) is 0 Å². The summed E-state index contributed by atoms with van der Waals surface area (Å²) in [6.07, 6.45) is 3.83. The molecule has 3 N–H and O–H groups in total. The fourth-order valence-electron chi connectivity index (χ4n) is 2.63. The first kappa shape index (κ1) is 19.8. The highest BCUT2D eigenvalue weighted by Crippen LogP contribution is 2.22. The Bertz CT molecular complexity index is 1010. The Labute approximate surface area is 172 Å². The van der Waals surface area contributed by atoms with Gasteiger partial charge in [-0.1, -0.05) is 45.8 Å². The second kappa shape index (κ2) is 8.80. The van der Waals surface area contributed by atoms with Gasteiger partial charge in [-0.3, -0.25) is 4.79 Å². The Morgan fingerprint density at radius 1 is 1.11 bits per heavy atom. The van der Waals surface area contributed by atoms with E-state index in [4.69, 9.17) is 5.73 Å². The van der Waals surface area contributed by atoms with Gasteiger partial charge in [0.05, 0.1) is 18.3 Å². The van der Waals surface area contributed by atoms with Crippen LogP contribution in [0.2, 0.25) is 0 Å². The van der Waals surface area contributed by atoms with Gasteiger partial charge in [0, 0.05) is 15.7 Å². The first-order valence-corrected chi connectivity index (χ1v) is 9.62. The fourth-order valence-corrected chi connectivity index (χ4v) is 2.90. The van der Waals surface area contributed by atoms with Crippen LogP contribution in [-0.4, -0.2) is 15.9 Å². The smallest absolute Gasteiger partial charge is 0.230 e. The van der Waals surface area contributed by atoms with Crippen molar-refractivity contribution < 1.29 is 4.79 Å². The third-order valence-electron chi connectivity index (χ3n) is 3.97. The topological polar surface area (TPSA) is 80.9 Å². The van der Waals surface area contributed by atoms with Crippen molar-refractivity contribution in [3.63, 3.8) is 0 Å². The maximum absolute atomic E-state index is 12.5. The van der Waals surface area contributed by atoms with Crippen LogP contribution in [0.5, 0.6) is 0 Å². The lowest BCUT2D eigenvalue weighted by atomic mass is 10.1. The third kappa shape index (κ3) is 5.27. The molecule has 142 valence electrons. The minimum Gasteiger partial charge on any atom is -0.399 e. The average molecular weight is 437 g/mol. The molecule has 1 heterocycles. The van der Waals surface area contributed by atoms with Gasteiger partial charge in [0.15, 0.2) is 5.82 Å². The van der Waals surface area contributed by atoms with E-state index in [1.54, 1.807) is 6.20 Å². The number of nitrogens with one attached hydrogen (secondary N) is 1. The number of carbonyl (C=O) groups is 1. The van der Waals surface area contributed by atoms with Crippen molar-refractivity contribution in [2.75, 3.05) is 11.1 Å². The van der Waals surface area contributed by atoms with E-state index in [0.29, 0.717) is 17.2 Å². The number of anilines is 2. The normalized spacial score (nSPS) is 10.4. The van der Waals surface area contributed by atoms with E-state index in [9.17, 15) is 4.79 Å². The molecule has 0 spiro atoms. The Hall–Kier alpha value is -2.99. The quantitative estimate of drug-likeness (QED) is 0.545. The Balaban J connectivity index is 1.85. The van der Waals surface area contributed by atoms with Crippen LogP contribution < -0.4 is 11.1 Å². The van der Waals surface area contributed by atoms with Crippen molar-refractivity contribution in [2.24, 2.45) is 0 Å². The molecule has 1 aromatic heterocycles. The number of rotatable bonds is 5. The van der Waals surface area contributed by atoms with E-state index in [-0.39, 0.29) is 12.3 Å². The van der Waals surface area contributed by atoms with E-state index < -0.39 is 0 Å². The van der Waals surface area contributed by atoms with Crippen molar-refractivity contribution in [3.05, 3.63) is 76.0 Å². The molecule has 6 heteroatoms. The van der Waals surface area contributed by atoms with Crippen LogP contribution in [0, 0.1) is 0 Å². The Morgan fingerprint density at radius 2 is 1.79 bits per heavy atom. The largest absolute Gasteiger partial charge is 0.399 e. The summed E-state index contributed by atoms with van der Waals surface area (Å²) >= 11 is 3.40. The molecular formula is C22H21BrN4O. The Kier molecular flexibility index (Phi) is 6.21. The zero-order chi connectivity index (χ0) is 20.1. The molecule has 5 nitrogen and oxygen atoms in total. The molecule has 1 amide bonds. The van der Waals surface area contributed by atoms with Gasteiger partial charge >= 0.3 is 0 Å². The summed E-state index contributed by atoms with van der Waals surface area (Å²) in [4.78, 5) is 21.6. The molecule has 0 radical (unpaired) electrons. The monoisotopic (exact) mass is 436 g/mol. The molecule has 0 bridgehead atoms. The molecular weight excluding hydrogens is 416 g/mol. The van der Waals surface area contributed by atoms with Gasteiger partial charge in [0.25, 0.3) is 0 Å². The second-order valence-corrected chi connectivity index (χ2v) is 7.60. The van der Waals surface area contributed by atoms with E-state index in [1.807, 2.05) is 68.5 Å². The number of aromatic nitrogens is 2. The summed E-state index contributed by atoms with van der Waals surface area (Å²) in [6.45, 7) is 3.95. The molecule has 0 aliphatic heterocycles. The van der Waals surface area contributed by atoms with Crippen LogP contribution in [0.4, 0.5) is 11.5 Å². The van der Waals surface area contributed by atoms with Crippen LogP contribution >= 0.6 is 15.9 Å². The number of benzene rings is 2. The highest BCUT2D eigenvalue weighted by molar-refractivity contribution is 9.10. The number of nitrogens with zero attached hydrogens (tertiary/aromatic N) is 2. The number of hydrogen-bond donors (Lipinski definition) is 2. The van der Waals surface area contributed by atoms with Gasteiger partial charge in [0.1, 0.15) is 5.69 Å². The number of nitrogen functional groups attached to an aromatic ring is 1. The number of carbonyl (C=O) groups excluding carboxylic acids is 1. The van der Waals surface area contributed by atoms with Crippen LogP contribution in [0.25, 0.3) is 17.3 Å². The minimum atomic E-state index is -0.139. The molecule has 0 fully saturated rings. The lowest BCUT2D eigenvalue weighted by Gasteiger charge is -2.10. The van der Waals surface area contributed by atoms with Gasteiger partial charge in [-0.05, 0) is 49.8 Å². The standard InChI is InChI=1S/C22H21BrN4O/c1-14(2)11-19-22(27-21(28)12-15-3-7-17(23)8-4-15)25-13-20(26-19)16-5-9-18(24)10-6-16/h3-11,13H,12,24H2,1-2H3,(H,25,27,28). The van der Waals surface area contributed by atoms with Crippen molar-refractivity contribution >= 4 is 39.4 Å². The molecule has 0 atom stereocenters. The van der Waals surface area contributed by atoms with Gasteiger partial charge < -0.3 is 11.1 Å². The summed E-state index contributed by atoms with van der Waals surface area (Å²) in [7, 11) is 0. The maximum atomic E-state index is 12.5. The number of nitrogens with two attached hydrogens (primary N) is 1. The summed E-state index contributed by atoms with van der Waals surface area (Å²) in [6, 6.07) is 15.1. The minimum absolute atomic E-state index is 0.139. The molecule has 3 aromatic rings. The molecule has 2 aromatic carbocycles. The average Bonchev–Trinajstić information content (AvgIpc) is 2.65. The lowest BCUT2D eigenvalue weighted by molar-refractivity contribution is -0.115. The molecule has 0 saturated heterocycles. The van der Waals surface area contributed by atoms with Crippen molar-refractivity contribution in [1.82, 2.24) is 9.97 Å². The lowest BCUT2D eigenvalue weighted by Crippen LogP contribution is -2.16. The van der Waals surface area contributed by atoms with Crippen LogP contribution in [0.1, 0.15) is 25.1 Å². The summed E-state index contributed by atoms with van der Waals surface area (Å²) in [5, 5.41) is 2.88. The van der Waals surface area contributed by atoms with Crippen molar-refractivity contribution in [3.8, 4) is 11.3 Å². The molecule has 0 unspecified atom stereocenters. The number of amides is 1. The summed E-state index contributed by atoms with van der Waals surface area (Å²) in [5.74, 6) is 0.308. The number of halogens is 1. The first-order chi connectivity index (χ1) is 13.4. The Morgan fingerprint density at radius 3 is 2.43 bits per heavy atom. The van der Waals surface area contributed by atoms with Crippen molar-refractivity contribution in [2.45, 2.75) is 20.3 Å². The zero-order valence-electron chi connectivity index (χ0n) is 15.7. The van der Waals surface area contributed by atoms with Gasteiger partial charge in [-0.25, -0.2) is 9.97 Å². The van der Waals surface area contributed by atoms with Gasteiger partial charge in [-0.2, -0.15) is 0 Å². The number of allylic oxidation sites excluding steroid dienone is 1. The first-order valence-electron chi connectivity index (χ1n) is 8.83. The fraction of sp³-hybridized carbons (Fsp3) is 0.136. The predicted octanol–water partition coefficient (Wildman–Crippen LogP) is 5.09. The summed E-state index contributed by atoms with van der Waals surface area (Å²) < 4.78 is 0.978. The van der Waals surface area contributed by atoms with Crippen LogP contribution in [-0.2, 0) is 11.2 Å². The number of hydrogen-bond acceptors (Lipinski definition) is 4. The predicted molar refractivity (Wildman–Crippen MR) is 118 cm³/mol. The SMILES string of the molecule is CC(C)=Cc1nc(-c2ccc(N)cc2)cnc1NC(=O)Cc1ccc(Br)cc1. The van der Waals surface area contributed by atoms with Crippen LogP contribution in [0.3, 0.4) is 0 Å². The van der Waals surface area contributed by atoms with Gasteiger partial charge in [-0.15, -0.1) is 0 Å². The van der Waals surface area contributed by atoms with Crippen LogP contribution in [0.15, 0.2) is 64.8 Å². The maximum Gasteiger partial charge on any atom is 0.230 e. The van der Waals surface area contributed by atoms with E-state index in [2.05, 4.69) is 31.2 Å². The molecule has 28 heavy (non-hydrogen) atoms. The van der Waals surface area contributed by atoms with E-state index in [0.717, 1.165) is 26.9 Å².